The minimum absolute atomic E-state index is 0.0566. The highest BCUT2D eigenvalue weighted by molar-refractivity contribution is 7.86. The van der Waals surface area contributed by atoms with Gasteiger partial charge >= 0.3 is 0 Å². The molecule has 1 fully saturated rings. The number of nitrogens with zero attached hydrogens (tertiary/aromatic N) is 2. The van der Waals surface area contributed by atoms with Crippen molar-refractivity contribution < 1.29 is 13.2 Å². The highest BCUT2D eigenvalue weighted by Crippen LogP contribution is 2.26. The second kappa shape index (κ2) is 8.29. The Balaban J connectivity index is 1.64. The summed E-state index contributed by atoms with van der Waals surface area (Å²) in [6.07, 6.45) is 6.18. The number of piperidine rings is 1. The fraction of sp³-hybridized carbons (Fsp3) is 0.650. The molecule has 2 unspecified atom stereocenters. The number of benzene rings is 1. The number of fused-ring (bicyclic) bond motifs is 1. The first-order chi connectivity index (χ1) is 12.8. The Hall–Kier alpha value is -1.44. The van der Waals surface area contributed by atoms with Crippen LogP contribution in [0.15, 0.2) is 18.2 Å². The lowest BCUT2D eigenvalue weighted by molar-refractivity contribution is -0.126. The molecule has 1 N–H and O–H groups in total. The Labute approximate surface area is 163 Å². The van der Waals surface area contributed by atoms with Crippen LogP contribution < -0.4 is 5.32 Å². The van der Waals surface area contributed by atoms with E-state index in [0.29, 0.717) is 13.0 Å². The van der Waals surface area contributed by atoms with Crippen LogP contribution in [-0.4, -0.2) is 50.1 Å². The first kappa shape index (κ1) is 20.3. The first-order valence-electron chi connectivity index (χ1n) is 9.88. The van der Waals surface area contributed by atoms with Crippen LogP contribution in [0.2, 0.25) is 0 Å². The quantitative estimate of drug-likeness (QED) is 0.834. The zero-order valence-electron chi connectivity index (χ0n) is 16.6. The predicted octanol–water partition coefficient (Wildman–Crippen LogP) is 2.26. The summed E-state index contributed by atoms with van der Waals surface area (Å²) in [6.45, 7) is 2.73. The van der Waals surface area contributed by atoms with E-state index >= 15 is 0 Å². The van der Waals surface area contributed by atoms with Gasteiger partial charge in [-0.25, -0.2) is 0 Å². The van der Waals surface area contributed by atoms with Gasteiger partial charge in [-0.2, -0.15) is 17.0 Å². The van der Waals surface area contributed by atoms with Gasteiger partial charge in [0, 0.05) is 27.2 Å². The summed E-state index contributed by atoms with van der Waals surface area (Å²) in [5.74, 6) is -0.354. The van der Waals surface area contributed by atoms with Gasteiger partial charge in [-0.1, -0.05) is 18.2 Å². The SMILES string of the molecule is CC(NC(=O)C1CCCN(S(=O)(=O)N(C)C)C1)c1ccc2c(c1)CCCC2. The lowest BCUT2D eigenvalue weighted by atomic mass is 9.89. The van der Waals surface area contributed by atoms with Crippen molar-refractivity contribution in [3.63, 3.8) is 0 Å². The number of hydrogen-bond donors (Lipinski definition) is 1. The molecule has 1 aliphatic carbocycles. The van der Waals surface area contributed by atoms with E-state index in [0.717, 1.165) is 24.8 Å². The number of nitrogens with one attached hydrogen (secondary N) is 1. The van der Waals surface area contributed by atoms with Crippen LogP contribution in [0.5, 0.6) is 0 Å². The van der Waals surface area contributed by atoms with E-state index in [9.17, 15) is 13.2 Å². The summed E-state index contributed by atoms with van der Waals surface area (Å²) in [5, 5.41) is 3.10. The number of hydrogen-bond acceptors (Lipinski definition) is 3. The molecule has 6 nitrogen and oxygen atoms in total. The average Bonchev–Trinajstić information content (AvgIpc) is 2.67. The molecular weight excluding hydrogens is 362 g/mol. The van der Waals surface area contributed by atoms with Gasteiger partial charge in [0.15, 0.2) is 0 Å². The molecule has 150 valence electrons. The molecule has 2 aliphatic rings. The van der Waals surface area contributed by atoms with Gasteiger partial charge in [-0.3, -0.25) is 4.79 Å². The maximum atomic E-state index is 12.8. The summed E-state index contributed by atoms with van der Waals surface area (Å²) >= 11 is 0. The Morgan fingerprint density at radius 2 is 1.89 bits per heavy atom. The molecule has 1 heterocycles. The Morgan fingerprint density at radius 3 is 2.59 bits per heavy atom. The number of amides is 1. The van der Waals surface area contributed by atoms with Gasteiger partial charge in [-0.05, 0) is 62.1 Å². The second-order valence-corrected chi connectivity index (χ2v) is 10.1. The van der Waals surface area contributed by atoms with E-state index in [1.54, 1.807) is 0 Å². The lowest BCUT2D eigenvalue weighted by Crippen LogP contribution is -2.49. The van der Waals surface area contributed by atoms with E-state index in [1.807, 2.05) is 6.92 Å². The van der Waals surface area contributed by atoms with Crippen molar-refractivity contribution in [3.8, 4) is 0 Å². The van der Waals surface area contributed by atoms with E-state index in [1.165, 1.54) is 46.7 Å². The van der Waals surface area contributed by atoms with E-state index in [-0.39, 0.29) is 24.4 Å². The summed E-state index contributed by atoms with van der Waals surface area (Å²) in [6, 6.07) is 6.45. The molecule has 1 aliphatic heterocycles. The maximum Gasteiger partial charge on any atom is 0.281 e. The lowest BCUT2D eigenvalue weighted by Gasteiger charge is -2.33. The molecular formula is C20H31N3O3S. The van der Waals surface area contributed by atoms with Gasteiger partial charge in [0.05, 0.1) is 12.0 Å². The minimum atomic E-state index is -3.47. The second-order valence-electron chi connectivity index (χ2n) is 7.95. The van der Waals surface area contributed by atoms with Gasteiger partial charge < -0.3 is 5.32 Å². The highest BCUT2D eigenvalue weighted by Gasteiger charge is 2.33. The molecule has 0 radical (unpaired) electrons. The molecule has 3 rings (SSSR count). The summed E-state index contributed by atoms with van der Waals surface area (Å²) in [7, 11) is -0.421. The van der Waals surface area contributed by atoms with E-state index < -0.39 is 10.2 Å². The average molecular weight is 394 g/mol. The van der Waals surface area contributed by atoms with Crippen molar-refractivity contribution in [2.75, 3.05) is 27.2 Å². The third kappa shape index (κ3) is 4.52. The zero-order valence-corrected chi connectivity index (χ0v) is 17.4. The molecule has 0 saturated carbocycles. The third-order valence-corrected chi connectivity index (χ3v) is 7.68. The predicted molar refractivity (Wildman–Crippen MR) is 107 cm³/mol. The molecule has 0 bridgehead atoms. The fourth-order valence-electron chi connectivity index (χ4n) is 4.03. The highest BCUT2D eigenvalue weighted by atomic mass is 32.2. The Bertz CT molecular complexity index is 792. The molecule has 0 spiro atoms. The van der Waals surface area contributed by atoms with E-state index in [2.05, 4.69) is 23.5 Å². The van der Waals surface area contributed by atoms with E-state index in [4.69, 9.17) is 0 Å². The summed E-state index contributed by atoms with van der Waals surface area (Å²) in [5.41, 5.74) is 3.96. The molecule has 27 heavy (non-hydrogen) atoms. The van der Waals surface area contributed by atoms with Crippen molar-refractivity contribution in [1.29, 1.82) is 0 Å². The standard InChI is InChI=1S/C20H31N3O3S/c1-15(17-11-10-16-7-4-5-8-18(16)13-17)21-20(24)19-9-6-12-23(14-19)27(25,26)22(2)3/h10-11,13,15,19H,4-9,12,14H2,1-3H3,(H,21,24). The van der Waals surface area contributed by atoms with Crippen molar-refractivity contribution in [2.24, 2.45) is 5.92 Å². The molecule has 1 aromatic carbocycles. The maximum absolute atomic E-state index is 12.8. The summed E-state index contributed by atoms with van der Waals surface area (Å²) in [4.78, 5) is 12.8. The normalized spacial score (nSPS) is 22.3. The van der Waals surface area contributed by atoms with Crippen molar-refractivity contribution in [1.82, 2.24) is 13.9 Å². The van der Waals surface area contributed by atoms with Gasteiger partial charge in [0.2, 0.25) is 5.91 Å². The van der Waals surface area contributed by atoms with Crippen LogP contribution in [0.3, 0.4) is 0 Å². The summed E-state index contributed by atoms with van der Waals surface area (Å²) < 4.78 is 27.3. The molecule has 1 saturated heterocycles. The molecule has 2 atom stereocenters. The van der Waals surface area contributed by atoms with Crippen molar-refractivity contribution in [3.05, 3.63) is 34.9 Å². The van der Waals surface area contributed by atoms with Crippen LogP contribution in [0, 0.1) is 5.92 Å². The Morgan fingerprint density at radius 1 is 1.19 bits per heavy atom. The Kier molecular flexibility index (Phi) is 6.23. The van der Waals surface area contributed by atoms with Gasteiger partial charge in [0.25, 0.3) is 10.2 Å². The van der Waals surface area contributed by atoms with Gasteiger partial charge in [-0.15, -0.1) is 0 Å². The van der Waals surface area contributed by atoms with Crippen molar-refractivity contribution >= 4 is 16.1 Å². The van der Waals surface area contributed by atoms with Crippen LogP contribution in [0.25, 0.3) is 0 Å². The van der Waals surface area contributed by atoms with Crippen LogP contribution in [0.1, 0.15) is 55.3 Å². The fourth-order valence-corrected chi connectivity index (χ4v) is 5.22. The van der Waals surface area contributed by atoms with Crippen molar-refractivity contribution in [2.45, 2.75) is 51.5 Å². The van der Waals surface area contributed by atoms with Crippen LogP contribution in [-0.2, 0) is 27.8 Å². The number of rotatable bonds is 5. The smallest absolute Gasteiger partial charge is 0.281 e. The molecule has 1 amide bonds. The molecule has 1 aromatic rings. The minimum Gasteiger partial charge on any atom is -0.349 e. The molecule has 7 heteroatoms. The van der Waals surface area contributed by atoms with Crippen LogP contribution >= 0.6 is 0 Å². The molecule has 0 aromatic heterocycles. The number of carbonyl (C=O) groups is 1. The zero-order chi connectivity index (χ0) is 19.6. The van der Waals surface area contributed by atoms with Crippen LogP contribution in [0.4, 0.5) is 0 Å². The topological polar surface area (TPSA) is 69.7 Å². The number of carbonyl (C=O) groups excluding carboxylic acids is 1. The third-order valence-electron chi connectivity index (χ3n) is 5.77. The number of aryl methyl sites for hydroxylation is 2. The largest absolute Gasteiger partial charge is 0.349 e. The first-order valence-corrected chi connectivity index (χ1v) is 11.3. The monoisotopic (exact) mass is 393 g/mol. The van der Waals surface area contributed by atoms with Gasteiger partial charge in [0.1, 0.15) is 0 Å².